The Morgan fingerprint density at radius 2 is 1.94 bits per heavy atom. The van der Waals surface area contributed by atoms with E-state index in [2.05, 4.69) is 17.1 Å². The highest BCUT2D eigenvalue weighted by Gasteiger charge is 2.02. The number of aliphatic hydroxyl groups excluding tert-OH is 1. The molecule has 0 radical (unpaired) electrons. The second-order valence-electron chi connectivity index (χ2n) is 3.87. The third-order valence-electron chi connectivity index (χ3n) is 2.44. The van der Waals surface area contributed by atoms with Gasteiger partial charge in [-0.3, -0.25) is 4.98 Å². The molecule has 3 heteroatoms. The summed E-state index contributed by atoms with van der Waals surface area (Å²) in [5.74, 6) is 0.941. The van der Waals surface area contributed by atoms with Gasteiger partial charge in [0.15, 0.2) is 0 Å². The van der Waals surface area contributed by atoms with E-state index >= 15 is 0 Å². The van der Waals surface area contributed by atoms with Crippen molar-refractivity contribution < 1.29 is 5.11 Å². The van der Waals surface area contributed by atoms with Gasteiger partial charge in [0.05, 0.1) is 11.8 Å². The van der Waals surface area contributed by atoms with Gasteiger partial charge in [-0.05, 0) is 24.6 Å². The SMILES string of the molecule is CC(O)c1ccc(SCc2ccccc2)cn1. The average molecular weight is 245 g/mol. The van der Waals surface area contributed by atoms with Crippen molar-refractivity contribution in [1.82, 2.24) is 4.98 Å². The molecule has 0 saturated carbocycles. The van der Waals surface area contributed by atoms with Gasteiger partial charge in [0, 0.05) is 16.8 Å². The van der Waals surface area contributed by atoms with Gasteiger partial charge in [-0.25, -0.2) is 0 Å². The maximum absolute atomic E-state index is 9.35. The van der Waals surface area contributed by atoms with Gasteiger partial charge in [-0.15, -0.1) is 11.8 Å². The largest absolute Gasteiger partial charge is 0.387 e. The minimum atomic E-state index is -0.497. The number of hydrogen-bond acceptors (Lipinski definition) is 3. The van der Waals surface area contributed by atoms with E-state index in [0.717, 1.165) is 10.6 Å². The van der Waals surface area contributed by atoms with Crippen LogP contribution in [0, 0.1) is 0 Å². The van der Waals surface area contributed by atoms with Crippen molar-refractivity contribution in [2.75, 3.05) is 0 Å². The number of aromatic nitrogens is 1. The van der Waals surface area contributed by atoms with Gasteiger partial charge in [0.1, 0.15) is 0 Å². The van der Waals surface area contributed by atoms with Crippen LogP contribution in [0.1, 0.15) is 24.3 Å². The molecule has 1 atom stereocenters. The zero-order valence-corrected chi connectivity index (χ0v) is 10.5. The van der Waals surface area contributed by atoms with Crippen LogP contribution in [0.25, 0.3) is 0 Å². The summed E-state index contributed by atoms with van der Waals surface area (Å²) in [6.07, 6.45) is 1.32. The van der Waals surface area contributed by atoms with E-state index in [-0.39, 0.29) is 0 Å². The van der Waals surface area contributed by atoms with Crippen LogP contribution < -0.4 is 0 Å². The van der Waals surface area contributed by atoms with Crippen LogP contribution in [0.2, 0.25) is 0 Å². The third kappa shape index (κ3) is 3.58. The van der Waals surface area contributed by atoms with Crippen molar-refractivity contribution in [1.29, 1.82) is 0 Å². The highest BCUT2D eigenvalue weighted by Crippen LogP contribution is 2.22. The monoisotopic (exact) mass is 245 g/mol. The van der Waals surface area contributed by atoms with Gasteiger partial charge in [0.2, 0.25) is 0 Å². The lowest BCUT2D eigenvalue weighted by atomic mass is 10.2. The molecule has 2 nitrogen and oxygen atoms in total. The fourth-order valence-electron chi connectivity index (χ4n) is 1.47. The predicted molar refractivity (Wildman–Crippen MR) is 70.9 cm³/mol. The second kappa shape index (κ2) is 5.84. The summed E-state index contributed by atoms with van der Waals surface area (Å²) in [5, 5.41) is 9.35. The maximum Gasteiger partial charge on any atom is 0.0931 e. The van der Waals surface area contributed by atoms with Gasteiger partial charge >= 0.3 is 0 Å². The summed E-state index contributed by atoms with van der Waals surface area (Å²) in [4.78, 5) is 5.34. The number of rotatable bonds is 4. The highest BCUT2D eigenvalue weighted by atomic mass is 32.2. The molecule has 0 aliphatic carbocycles. The molecule has 17 heavy (non-hydrogen) atoms. The molecule has 0 spiro atoms. The summed E-state index contributed by atoms with van der Waals surface area (Å²) in [6, 6.07) is 14.2. The molecule has 1 aromatic carbocycles. The molecular formula is C14H15NOS. The first kappa shape index (κ1) is 12.1. The molecule has 0 saturated heterocycles. The van der Waals surface area contributed by atoms with Crippen molar-refractivity contribution >= 4 is 11.8 Å². The number of pyridine rings is 1. The van der Waals surface area contributed by atoms with Crippen molar-refractivity contribution in [2.45, 2.75) is 23.7 Å². The lowest BCUT2D eigenvalue weighted by Crippen LogP contribution is -1.94. The molecule has 0 amide bonds. The molecule has 2 aromatic rings. The molecule has 0 aliphatic rings. The standard InChI is InChI=1S/C14H15NOS/c1-11(16)14-8-7-13(9-15-14)17-10-12-5-3-2-4-6-12/h2-9,11,16H,10H2,1H3. The van der Waals surface area contributed by atoms with E-state index in [1.165, 1.54) is 5.56 Å². The Kier molecular flexibility index (Phi) is 4.18. The first-order valence-corrected chi connectivity index (χ1v) is 6.55. The molecule has 1 N–H and O–H groups in total. The van der Waals surface area contributed by atoms with Gasteiger partial charge in [-0.1, -0.05) is 30.3 Å². The van der Waals surface area contributed by atoms with E-state index in [4.69, 9.17) is 0 Å². The van der Waals surface area contributed by atoms with Gasteiger partial charge in [-0.2, -0.15) is 0 Å². The quantitative estimate of drug-likeness (QED) is 0.838. The molecule has 1 unspecified atom stereocenters. The van der Waals surface area contributed by atoms with Gasteiger partial charge in [0.25, 0.3) is 0 Å². The average Bonchev–Trinajstić information content (AvgIpc) is 2.38. The van der Waals surface area contributed by atoms with Crippen LogP contribution in [0.15, 0.2) is 53.6 Å². The fourth-order valence-corrected chi connectivity index (χ4v) is 2.28. The minimum absolute atomic E-state index is 0.497. The van der Waals surface area contributed by atoms with Crippen molar-refractivity contribution in [3.8, 4) is 0 Å². The van der Waals surface area contributed by atoms with Crippen molar-refractivity contribution in [3.63, 3.8) is 0 Å². The van der Waals surface area contributed by atoms with Crippen LogP contribution in [-0.4, -0.2) is 10.1 Å². The summed E-state index contributed by atoms with van der Waals surface area (Å²) >= 11 is 1.75. The number of nitrogens with zero attached hydrogens (tertiary/aromatic N) is 1. The Labute approximate surface area is 106 Å². The lowest BCUT2D eigenvalue weighted by Gasteiger charge is -2.05. The predicted octanol–water partition coefficient (Wildman–Crippen LogP) is 3.43. The Bertz CT molecular complexity index is 453. The summed E-state index contributed by atoms with van der Waals surface area (Å²) < 4.78 is 0. The molecule has 0 bridgehead atoms. The van der Waals surface area contributed by atoms with Crippen LogP contribution in [0.5, 0.6) is 0 Å². The van der Waals surface area contributed by atoms with E-state index in [0.29, 0.717) is 5.69 Å². The normalized spacial score (nSPS) is 12.4. The molecule has 2 rings (SSSR count). The zero-order chi connectivity index (χ0) is 12.1. The molecule has 1 heterocycles. The number of hydrogen-bond donors (Lipinski definition) is 1. The smallest absolute Gasteiger partial charge is 0.0931 e. The van der Waals surface area contributed by atoms with Crippen LogP contribution in [0.3, 0.4) is 0 Å². The third-order valence-corrected chi connectivity index (χ3v) is 3.49. The number of thioether (sulfide) groups is 1. The molecular weight excluding hydrogens is 230 g/mol. The summed E-state index contributed by atoms with van der Waals surface area (Å²) in [5.41, 5.74) is 2.02. The first-order chi connectivity index (χ1) is 8.25. The van der Waals surface area contributed by atoms with Crippen molar-refractivity contribution in [3.05, 3.63) is 59.9 Å². The fraction of sp³-hybridized carbons (Fsp3) is 0.214. The van der Waals surface area contributed by atoms with Gasteiger partial charge < -0.3 is 5.11 Å². The van der Waals surface area contributed by atoms with E-state index in [1.807, 2.05) is 36.5 Å². The Hall–Kier alpha value is -1.32. The minimum Gasteiger partial charge on any atom is -0.387 e. The number of benzene rings is 1. The molecule has 1 aromatic heterocycles. The maximum atomic E-state index is 9.35. The number of aliphatic hydroxyl groups is 1. The molecule has 0 fully saturated rings. The van der Waals surface area contributed by atoms with E-state index in [1.54, 1.807) is 18.7 Å². The Balaban J connectivity index is 1.96. The summed E-state index contributed by atoms with van der Waals surface area (Å²) in [7, 11) is 0. The molecule has 88 valence electrons. The Morgan fingerprint density at radius 3 is 2.53 bits per heavy atom. The van der Waals surface area contributed by atoms with Crippen LogP contribution in [-0.2, 0) is 5.75 Å². The molecule has 0 aliphatic heterocycles. The first-order valence-electron chi connectivity index (χ1n) is 5.56. The van der Waals surface area contributed by atoms with E-state index in [9.17, 15) is 5.11 Å². The van der Waals surface area contributed by atoms with Crippen molar-refractivity contribution in [2.24, 2.45) is 0 Å². The topological polar surface area (TPSA) is 33.1 Å². The van der Waals surface area contributed by atoms with Crippen LogP contribution in [0.4, 0.5) is 0 Å². The van der Waals surface area contributed by atoms with E-state index < -0.39 is 6.10 Å². The lowest BCUT2D eigenvalue weighted by molar-refractivity contribution is 0.194. The second-order valence-corrected chi connectivity index (χ2v) is 4.92. The zero-order valence-electron chi connectivity index (χ0n) is 9.71. The highest BCUT2D eigenvalue weighted by molar-refractivity contribution is 7.98. The Morgan fingerprint density at radius 1 is 1.18 bits per heavy atom. The van der Waals surface area contributed by atoms with Crippen LogP contribution >= 0.6 is 11.8 Å². The summed E-state index contributed by atoms with van der Waals surface area (Å²) in [6.45, 7) is 1.72.